The Balaban J connectivity index is 1.92. The molecular weight excluding hydrogens is 250 g/mol. The van der Waals surface area contributed by atoms with Gasteiger partial charge in [0.15, 0.2) is 0 Å². The molecule has 1 N–H and O–H groups in total. The third-order valence-electron chi connectivity index (χ3n) is 2.97. The molecule has 0 bridgehead atoms. The van der Waals surface area contributed by atoms with Crippen molar-refractivity contribution in [1.82, 2.24) is 5.32 Å². The molecule has 0 saturated carbocycles. The Labute approximate surface area is 119 Å². The highest BCUT2D eigenvalue weighted by molar-refractivity contribution is 5.96. The van der Waals surface area contributed by atoms with Gasteiger partial charge >= 0.3 is 0 Å². The molecule has 0 aliphatic carbocycles. The lowest BCUT2D eigenvalue weighted by Crippen LogP contribution is -2.26. The highest BCUT2D eigenvalue weighted by atomic mass is 16.5. The fourth-order valence-corrected chi connectivity index (χ4v) is 2.00. The van der Waals surface area contributed by atoms with Gasteiger partial charge in [-0.3, -0.25) is 4.79 Å². The predicted octanol–water partition coefficient (Wildman–Crippen LogP) is 3.06. The Bertz CT molecular complexity index is 552. The molecule has 20 heavy (non-hydrogen) atoms. The molecule has 0 unspecified atom stereocenters. The van der Waals surface area contributed by atoms with E-state index in [2.05, 4.69) is 17.4 Å². The minimum atomic E-state index is -0.0926. The van der Waals surface area contributed by atoms with Crippen LogP contribution in [0.4, 0.5) is 0 Å². The third kappa shape index (κ3) is 3.85. The van der Waals surface area contributed by atoms with Crippen LogP contribution in [0.1, 0.15) is 22.8 Å². The number of nitrogens with one attached hydrogen (secondary N) is 1. The van der Waals surface area contributed by atoms with Crippen molar-refractivity contribution in [2.24, 2.45) is 0 Å². The van der Waals surface area contributed by atoms with Crippen LogP contribution in [0.3, 0.4) is 0 Å². The van der Waals surface area contributed by atoms with E-state index in [4.69, 9.17) is 4.74 Å². The van der Waals surface area contributed by atoms with E-state index in [1.165, 1.54) is 5.56 Å². The van der Waals surface area contributed by atoms with Gasteiger partial charge in [0, 0.05) is 6.54 Å². The van der Waals surface area contributed by atoms with Crippen LogP contribution < -0.4 is 10.1 Å². The van der Waals surface area contributed by atoms with Gasteiger partial charge in [-0.2, -0.15) is 0 Å². The summed E-state index contributed by atoms with van der Waals surface area (Å²) in [6.07, 6.45) is 0.823. The van der Waals surface area contributed by atoms with Crippen LogP contribution in [0.5, 0.6) is 5.75 Å². The molecule has 2 rings (SSSR count). The standard InChI is InChI=1S/C17H19NO2/c1-2-20-16-11-7-6-10-15(16)17(19)18-13-12-14-8-4-3-5-9-14/h3-11H,2,12-13H2,1H3,(H,18,19). The van der Waals surface area contributed by atoms with E-state index in [0.717, 1.165) is 6.42 Å². The summed E-state index contributed by atoms with van der Waals surface area (Å²) in [5.74, 6) is 0.539. The second kappa shape index (κ2) is 7.34. The number of amides is 1. The summed E-state index contributed by atoms with van der Waals surface area (Å²) in [6, 6.07) is 17.4. The van der Waals surface area contributed by atoms with Crippen LogP contribution in [0, 0.1) is 0 Å². The highest BCUT2D eigenvalue weighted by Gasteiger charge is 2.10. The maximum atomic E-state index is 12.1. The summed E-state index contributed by atoms with van der Waals surface area (Å²) in [5.41, 5.74) is 1.80. The monoisotopic (exact) mass is 269 g/mol. The first kappa shape index (κ1) is 14.1. The average Bonchev–Trinajstić information content (AvgIpc) is 2.49. The number of hydrogen-bond donors (Lipinski definition) is 1. The predicted molar refractivity (Wildman–Crippen MR) is 80.1 cm³/mol. The molecule has 0 aliphatic rings. The van der Waals surface area contributed by atoms with Crippen molar-refractivity contribution >= 4 is 5.91 Å². The van der Waals surface area contributed by atoms with E-state index in [1.807, 2.05) is 43.3 Å². The molecule has 104 valence electrons. The van der Waals surface area contributed by atoms with Crippen LogP contribution in [-0.2, 0) is 6.42 Å². The van der Waals surface area contributed by atoms with Gasteiger partial charge in [-0.1, -0.05) is 42.5 Å². The second-order valence-electron chi connectivity index (χ2n) is 4.42. The normalized spacial score (nSPS) is 10.1. The maximum absolute atomic E-state index is 12.1. The van der Waals surface area contributed by atoms with Gasteiger partial charge in [0.25, 0.3) is 5.91 Å². The number of carbonyl (C=O) groups is 1. The summed E-state index contributed by atoms with van der Waals surface area (Å²) < 4.78 is 5.46. The topological polar surface area (TPSA) is 38.3 Å². The molecule has 2 aromatic carbocycles. The first-order valence-corrected chi connectivity index (χ1v) is 6.85. The first-order chi connectivity index (χ1) is 9.81. The Hall–Kier alpha value is -2.29. The largest absolute Gasteiger partial charge is 0.493 e. The Morgan fingerprint density at radius 2 is 1.75 bits per heavy atom. The number of para-hydroxylation sites is 1. The molecule has 3 nitrogen and oxygen atoms in total. The van der Waals surface area contributed by atoms with Gasteiger partial charge in [0.05, 0.1) is 12.2 Å². The summed E-state index contributed by atoms with van der Waals surface area (Å²) in [6.45, 7) is 3.07. The Morgan fingerprint density at radius 3 is 2.50 bits per heavy atom. The van der Waals surface area contributed by atoms with Gasteiger partial charge in [-0.15, -0.1) is 0 Å². The minimum Gasteiger partial charge on any atom is -0.493 e. The molecule has 0 atom stereocenters. The lowest BCUT2D eigenvalue weighted by Gasteiger charge is -2.10. The number of ether oxygens (including phenoxy) is 1. The molecule has 1 amide bonds. The molecule has 0 aromatic heterocycles. The van der Waals surface area contributed by atoms with E-state index in [0.29, 0.717) is 24.5 Å². The van der Waals surface area contributed by atoms with E-state index >= 15 is 0 Å². The summed E-state index contributed by atoms with van der Waals surface area (Å²) in [5, 5.41) is 2.93. The summed E-state index contributed by atoms with van der Waals surface area (Å²) >= 11 is 0. The van der Waals surface area contributed by atoms with Crippen molar-refractivity contribution in [3.8, 4) is 5.75 Å². The van der Waals surface area contributed by atoms with Crippen LogP contribution in [-0.4, -0.2) is 19.1 Å². The van der Waals surface area contributed by atoms with E-state index in [-0.39, 0.29) is 5.91 Å². The SMILES string of the molecule is CCOc1ccccc1C(=O)NCCc1ccccc1. The summed E-state index contributed by atoms with van der Waals surface area (Å²) in [7, 11) is 0. The smallest absolute Gasteiger partial charge is 0.255 e. The van der Waals surface area contributed by atoms with E-state index in [9.17, 15) is 4.79 Å². The molecule has 0 radical (unpaired) electrons. The molecule has 0 saturated heterocycles. The Morgan fingerprint density at radius 1 is 1.05 bits per heavy atom. The maximum Gasteiger partial charge on any atom is 0.255 e. The lowest BCUT2D eigenvalue weighted by molar-refractivity contribution is 0.0950. The average molecular weight is 269 g/mol. The van der Waals surface area contributed by atoms with Gasteiger partial charge in [0.1, 0.15) is 5.75 Å². The zero-order valence-corrected chi connectivity index (χ0v) is 11.6. The van der Waals surface area contributed by atoms with Crippen molar-refractivity contribution < 1.29 is 9.53 Å². The van der Waals surface area contributed by atoms with Crippen LogP contribution in [0.25, 0.3) is 0 Å². The fraction of sp³-hybridized carbons (Fsp3) is 0.235. The molecule has 0 heterocycles. The molecule has 2 aromatic rings. The van der Waals surface area contributed by atoms with Gasteiger partial charge < -0.3 is 10.1 Å². The second-order valence-corrected chi connectivity index (χ2v) is 4.42. The lowest BCUT2D eigenvalue weighted by atomic mass is 10.1. The van der Waals surface area contributed by atoms with Crippen molar-refractivity contribution in [3.63, 3.8) is 0 Å². The quantitative estimate of drug-likeness (QED) is 0.875. The first-order valence-electron chi connectivity index (χ1n) is 6.85. The minimum absolute atomic E-state index is 0.0926. The molecule has 0 aliphatic heterocycles. The van der Waals surface area contributed by atoms with Gasteiger partial charge in [-0.05, 0) is 31.0 Å². The molecular formula is C17H19NO2. The summed E-state index contributed by atoms with van der Waals surface area (Å²) in [4.78, 5) is 12.1. The van der Waals surface area contributed by atoms with Gasteiger partial charge in [-0.25, -0.2) is 0 Å². The number of benzene rings is 2. The number of carbonyl (C=O) groups excluding carboxylic acids is 1. The third-order valence-corrected chi connectivity index (χ3v) is 2.97. The van der Waals surface area contributed by atoms with E-state index < -0.39 is 0 Å². The van der Waals surface area contributed by atoms with Crippen LogP contribution in [0.2, 0.25) is 0 Å². The van der Waals surface area contributed by atoms with Crippen molar-refractivity contribution in [2.45, 2.75) is 13.3 Å². The van der Waals surface area contributed by atoms with Crippen molar-refractivity contribution in [1.29, 1.82) is 0 Å². The highest BCUT2D eigenvalue weighted by Crippen LogP contribution is 2.17. The number of hydrogen-bond acceptors (Lipinski definition) is 2. The molecule has 0 spiro atoms. The zero-order chi connectivity index (χ0) is 14.2. The van der Waals surface area contributed by atoms with Gasteiger partial charge in [0.2, 0.25) is 0 Å². The number of rotatable bonds is 6. The molecule has 0 fully saturated rings. The van der Waals surface area contributed by atoms with Crippen LogP contribution >= 0.6 is 0 Å². The van der Waals surface area contributed by atoms with Crippen molar-refractivity contribution in [3.05, 3.63) is 65.7 Å². The Kier molecular flexibility index (Phi) is 5.18. The van der Waals surface area contributed by atoms with Crippen molar-refractivity contribution in [2.75, 3.05) is 13.2 Å². The van der Waals surface area contributed by atoms with Crippen LogP contribution in [0.15, 0.2) is 54.6 Å². The zero-order valence-electron chi connectivity index (χ0n) is 11.6. The van der Waals surface area contributed by atoms with E-state index in [1.54, 1.807) is 6.07 Å². The fourth-order valence-electron chi connectivity index (χ4n) is 2.00. The molecule has 3 heteroatoms.